The predicted molar refractivity (Wildman–Crippen MR) is 106 cm³/mol. The maximum atomic E-state index is 13.1. The number of likely N-dealkylation sites (tertiary alicyclic amines) is 1. The summed E-state index contributed by atoms with van der Waals surface area (Å²) in [5.41, 5.74) is 2.13. The molecule has 0 saturated carbocycles. The van der Waals surface area contributed by atoms with Crippen LogP contribution in [0.5, 0.6) is 0 Å². The van der Waals surface area contributed by atoms with Crippen molar-refractivity contribution in [2.24, 2.45) is 7.05 Å². The van der Waals surface area contributed by atoms with E-state index < -0.39 is 5.97 Å². The molecule has 2 heterocycles. The summed E-state index contributed by atoms with van der Waals surface area (Å²) in [6, 6.07) is 9.52. The van der Waals surface area contributed by atoms with Crippen molar-refractivity contribution < 1.29 is 14.7 Å². The van der Waals surface area contributed by atoms with E-state index in [1.54, 1.807) is 4.68 Å². The summed E-state index contributed by atoms with van der Waals surface area (Å²) < 4.78 is 1.76. The normalized spacial score (nSPS) is 17.9. The zero-order valence-electron chi connectivity index (χ0n) is 16.3. The van der Waals surface area contributed by atoms with Crippen LogP contribution in [0.25, 0.3) is 0 Å². The lowest BCUT2D eigenvalue weighted by Gasteiger charge is -2.36. The molecule has 0 spiro atoms. The standard InChI is InChI=1S/C21H28N4O3/c1-24-15-17(14-22-24)19-9-5-6-12-25(19)21(28)23-18(10-11-20(26)27)13-16-7-3-2-4-8-16/h2-4,7-8,14-15,18-19H,5-6,9-13H2,1H3,(H,23,28)(H,26,27). The minimum Gasteiger partial charge on any atom is -0.481 e. The van der Waals surface area contributed by atoms with Gasteiger partial charge in [-0.05, 0) is 37.7 Å². The minimum absolute atomic E-state index is 0.0132. The Balaban J connectivity index is 1.70. The van der Waals surface area contributed by atoms with Gasteiger partial charge in [0.1, 0.15) is 0 Å². The zero-order valence-corrected chi connectivity index (χ0v) is 16.3. The highest BCUT2D eigenvalue weighted by molar-refractivity contribution is 5.75. The van der Waals surface area contributed by atoms with Crippen molar-refractivity contribution in [3.63, 3.8) is 0 Å². The van der Waals surface area contributed by atoms with Gasteiger partial charge < -0.3 is 15.3 Å². The molecule has 1 aromatic heterocycles. The Labute approximate surface area is 165 Å². The monoisotopic (exact) mass is 384 g/mol. The van der Waals surface area contributed by atoms with Crippen molar-refractivity contribution in [1.82, 2.24) is 20.0 Å². The SMILES string of the molecule is Cn1cc(C2CCCCN2C(=O)NC(CCC(=O)O)Cc2ccccc2)cn1. The minimum atomic E-state index is -0.849. The van der Waals surface area contributed by atoms with Crippen molar-refractivity contribution in [1.29, 1.82) is 0 Å². The van der Waals surface area contributed by atoms with Gasteiger partial charge in [0.05, 0.1) is 12.2 Å². The van der Waals surface area contributed by atoms with E-state index in [9.17, 15) is 9.59 Å². The van der Waals surface area contributed by atoms with Gasteiger partial charge in [0.2, 0.25) is 0 Å². The van der Waals surface area contributed by atoms with E-state index in [1.807, 2.05) is 54.7 Å². The predicted octanol–water partition coefficient (Wildman–Crippen LogP) is 3.13. The lowest BCUT2D eigenvalue weighted by atomic mass is 9.97. The fraction of sp³-hybridized carbons (Fsp3) is 0.476. The van der Waals surface area contributed by atoms with E-state index >= 15 is 0 Å². The molecule has 2 aromatic rings. The number of hydrogen-bond donors (Lipinski definition) is 2. The van der Waals surface area contributed by atoms with Gasteiger partial charge in [0, 0.05) is 37.8 Å². The summed E-state index contributed by atoms with van der Waals surface area (Å²) in [6.07, 6.45) is 7.80. The van der Waals surface area contributed by atoms with Crippen molar-refractivity contribution in [2.75, 3.05) is 6.54 Å². The molecule has 3 rings (SSSR count). The summed E-state index contributed by atoms with van der Waals surface area (Å²) in [4.78, 5) is 26.0. The maximum absolute atomic E-state index is 13.1. The number of nitrogens with one attached hydrogen (secondary N) is 1. The molecule has 1 aliphatic heterocycles. The number of benzene rings is 1. The molecular formula is C21H28N4O3. The van der Waals surface area contributed by atoms with Gasteiger partial charge in [0.25, 0.3) is 0 Å². The molecule has 0 bridgehead atoms. The molecular weight excluding hydrogens is 356 g/mol. The maximum Gasteiger partial charge on any atom is 0.318 e. The molecule has 150 valence electrons. The molecule has 1 fully saturated rings. The second kappa shape index (κ2) is 9.39. The molecule has 7 nitrogen and oxygen atoms in total. The van der Waals surface area contributed by atoms with Crippen LogP contribution in [-0.4, -0.2) is 44.4 Å². The average Bonchev–Trinajstić information content (AvgIpc) is 3.13. The van der Waals surface area contributed by atoms with Gasteiger partial charge in [-0.2, -0.15) is 5.10 Å². The highest BCUT2D eigenvalue weighted by Gasteiger charge is 2.30. The largest absolute Gasteiger partial charge is 0.481 e. The summed E-state index contributed by atoms with van der Waals surface area (Å²) in [7, 11) is 1.87. The van der Waals surface area contributed by atoms with Crippen LogP contribution < -0.4 is 5.32 Å². The number of carboxylic acid groups (broad SMARTS) is 1. The zero-order chi connectivity index (χ0) is 19.9. The van der Waals surface area contributed by atoms with Crippen LogP contribution in [0.4, 0.5) is 4.79 Å². The van der Waals surface area contributed by atoms with E-state index in [4.69, 9.17) is 5.11 Å². The van der Waals surface area contributed by atoms with Gasteiger partial charge in [-0.25, -0.2) is 4.79 Å². The number of carbonyl (C=O) groups excluding carboxylic acids is 1. The molecule has 1 aliphatic rings. The van der Waals surface area contributed by atoms with Gasteiger partial charge >= 0.3 is 12.0 Å². The number of aryl methyl sites for hydroxylation is 1. The molecule has 1 aromatic carbocycles. The smallest absolute Gasteiger partial charge is 0.318 e. The number of hydrogen-bond acceptors (Lipinski definition) is 3. The number of aliphatic carboxylic acids is 1. The van der Waals surface area contributed by atoms with Gasteiger partial charge in [0.15, 0.2) is 0 Å². The Kier molecular flexibility index (Phi) is 6.68. The third-order valence-electron chi connectivity index (χ3n) is 5.23. The van der Waals surface area contributed by atoms with Gasteiger partial charge in [-0.15, -0.1) is 0 Å². The molecule has 1 saturated heterocycles. The van der Waals surface area contributed by atoms with Gasteiger partial charge in [-0.3, -0.25) is 9.48 Å². The number of piperidine rings is 1. The lowest BCUT2D eigenvalue weighted by molar-refractivity contribution is -0.137. The molecule has 0 aliphatic carbocycles. The number of nitrogens with zero attached hydrogens (tertiary/aromatic N) is 3. The third-order valence-corrected chi connectivity index (χ3v) is 5.23. The van der Waals surface area contributed by atoms with Gasteiger partial charge in [-0.1, -0.05) is 30.3 Å². The summed E-state index contributed by atoms with van der Waals surface area (Å²) in [5, 5.41) is 16.4. The number of carbonyl (C=O) groups is 2. The van der Waals surface area contributed by atoms with E-state index in [0.717, 1.165) is 30.4 Å². The quantitative estimate of drug-likeness (QED) is 0.768. The van der Waals surface area contributed by atoms with Crippen molar-refractivity contribution in [2.45, 2.75) is 50.6 Å². The number of carboxylic acids is 1. The molecule has 7 heteroatoms. The Bertz CT molecular complexity index is 790. The van der Waals surface area contributed by atoms with Crippen LogP contribution in [0.2, 0.25) is 0 Å². The highest BCUT2D eigenvalue weighted by Crippen LogP contribution is 2.30. The first-order valence-electron chi connectivity index (χ1n) is 9.84. The number of amides is 2. The third kappa shape index (κ3) is 5.34. The molecule has 2 atom stereocenters. The van der Waals surface area contributed by atoms with Crippen LogP contribution in [0.3, 0.4) is 0 Å². The van der Waals surface area contributed by atoms with Crippen molar-refractivity contribution in [3.8, 4) is 0 Å². The first kappa shape index (κ1) is 19.9. The summed E-state index contributed by atoms with van der Waals surface area (Å²) in [5.74, 6) is -0.849. The van der Waals surface area contributed by atoms with Crippen LogP contribution in [0.15, 0.2) is 42.7 Å². The van der Waals surface area contributed by atoms with Crippen molar-refractivity contribution >= 4 is 12.0 Å². The van der Waals surface area contributed by atoms with Crippen LogP contribution in [-0.2, 0) is 18.3 Å². The Morgan fingerprint density at radius 3 is 2.75 bits per heavy atom. The van der Waals surface area contributed by atoms with Crippen LogP contribution in [0.1, 0.15) is 49.3 Å². The fourth-order valence-electron chi connectivity index (χ4n) is 3.81. The molecule has 2 N–H and O–H groups in total. The highest BCUT2D eigenvalue weighted by atomic mass is 16.4. The van der Waals surface area contributed by atoms with Crippen molar-refractivity contribution in [3.05, 3.63) is 53.9 Å². The van der Waals surface area contributed by atoms with E-state index in [0.29, 0.717) is 19.4 Å². The second-order valence-electron chi connectivity index (χ2n) is 7.42. The average molecular weight is 384 g/mol. The number of rotatable bonds is 7. The van der Waals surface area contributed by atoms with E-state index in [2.05, 4.69) is 10.4 Å². The Morgan fingerprint density at radius 1 is 1.29 bits per heavy atom. The summed E-state index contributed by atoms with van der Waals surface area (Å²) in [6.45, 7) is 0.697. The Hall–Kier alpha value is -2.83. The molecule has 2 unspecified atom stereocenters. The molecule has 2 amide bonds. The fourth-order valence-corrected chi connectivity index (χ4v) is 3.81. The topological polar surface area (TPSA) is 87.5 Å². The van der Waals surface area contributed by atoms with Crippen LogP contribution in [0, 0.1) is 0 Å². The second-order valence-corrected chi connectivity index (χ2v) is 7.42. The van der Waals surface area contributed by atoms with Crippen LogP contribution >= 0.6 is 0 Å². The molecule has 28 heavy (non-hydrogen) atoms. The number of aromatic nitrogens is 2. The Morgan fingerprint density at radius 2 is 2.07 bits per heavy atom. The summed E-state index contributed by atoms with van der Waals surface area (Å²) >= 11 is 0. The lowest BCUT2D eigenvalue weighted by Crippen LogP contribution is -2.48. The number of urea groups is 1. The van der Waals surface area contributed by atoms with E-state index in [-0.39, 0.29) is 24.5 Å². The molecule has 0 radical (unpaired) electrons. The first-order valence-corrected chi connectivity index (χ1v) is 9.84. The first-order chi connectivity index (χ1) is 13.5. The van der Waals surface area contributed by atoms with E-state index in [1.165, 1.54) is 0 Å².